The molecule has 0 bridgehead atoms. The van der Waals surface area contributed by atoms with E-state index >= 15 is 0 Å². The number of thiazole rings is 1. The van der Waals surface area contributed by atoms with Crippen molar-refractivity contribution in [2.45, 2.75) is 12.8 Å². The lowest BCUT2D eigenvalue weighted by Crippen LogP contribution is -2.32. The molecule has 124 valence electrons. The van der Waals surface area contributed by atoms with Crippen molar-refractivity contribution in [1.82, 2.24) is 15.2 Å². The summed E-state index contributed by atoms with van der Waals surface area (Å²) in [6.45, 7) is 0.284. The molecule has 3 rings (SSSR count). The van der Waals surface area contributed by atoms with Gasteiger partial charge in [-0.3, -0.25) is 14.5 Å². The number of hydrogen-bond acceptors (Lipinski definition) is 5. The van der Waals surface area contributed by atoms with Crippen molar-refractivity contribution < 1.29 is 14.4 Å². The summed E-state index contributed by atoms with van der Waals surface area (Å²) in [5.74, 6) is -0.407. The van der Waals surface area contributed by atoms with Crippen LogP contribution >= 0.6 is 11.3 Å². The van der Waals surface area contributed by atoms with Crippen LogP contribution in [0.4, 0.5) is 10.5 Å². The second-order valence-corrected chi connectivity index (χ2v) is 6.17. The van der Waals surface area contributed by atoms with Gasteiger partial charge < -0.3 is 10.6 Å². The van der Waals surface area contributed by atoms with E-state index in [-0.39, 0.29) is 31.3 Å². The minimum Gasteiger partial charge on any atom is -0.329 e. The third-order valence-electron chi connectivity index (χ3n) is 3.55. The predicted octanol–water partition coefficient (Wildman–Crippen LogP) is 2.08. The van der Waals surface area contributed by atoms with E-state index in [2.05, 4.69) is 15.6 Å². The van der Waals surface area contributed by atoms with Gasteiger partial charge in [0.1, 0.15) is 5.01 Å². The van der Waals surface area contributed by atoms with Gasteiger partial charge in [-0.2, -0.15) is 0 Å². The third kappa shape index (κ3) is 3.77. The number of hydrogen-bond donors (Lipinski definition) is 2. The van der Waals surface area contributed by atoms with Crippen LogP contribution < -0.4 is 10.6 Å². The molecule has 0 atom stereocenters. The number of rotatable bonds is 6. The van der Waals surface area contributed by atoms with Gasteiger partial charge in [-0.25, -0.2) is 9.78 Å². The fourth-order valence-corrected chi connectivity index (χ4v) is 3.03. The predicted molar refractivity (Wildman–Crippen MR) is 90.5 cm³/mol. The van der Waals surface area contributed by atoms with Crippen LogP contribution in [0.3, 0.4) is 0 Å². The fourth-order valence-electron chi connectivity index (χ4n) is 2.40. The topological polar surface area (TPSA) is 91.4 Å². The lowest BCUT2D eigenvalue weighted by molar-refractivity contribution is -0.125. The highest BCUT2D eigenvalue weighted by atomic mass is 32.1. The Morgan fingerprint density at radius 1 is 1.38 bits per heavy atom. The summed E-state index contributed by atoms with van der Waals surface area (Å²) < 4.78 is 0. The van der Waals surface area contributed by atoms with Crippen molar-refractivity contribution in [3.05, 3.63) is 35.8 Å². The lowest BCUT2D eigenvalue weighted by atomic mass is 10.2. The molecule has 0 unspecified atom stereocenters. The Labute approximate surface area is 142 Å². The number of amides is 4. The normalized spacial score (nSPS) is 13.9. The molecular weight excluding hydrogens is 328 g/mol. The van der Waals surface area contributed by atoms with Crippen molar-refractivity contribution >= 4 is 34.9 Å². The van der Waals surface area contributed by atoms with Gasteiger partial charge in [0.2, 0.25) is 11.8 Å². The van der Waals surface area contributed by atoms with Crippen molar-refractivity contribution in [1.29, 1.82) is 0 Å². The van der Waals surface area contributed by atoms with Gasteiger partial charge >= 0.3 is 6.03 Å². The van der Waals surface area contributed by atoms with Crippen LogP contribution in [0.25, 0.3) is 10.6 Å². The van der Waals surface area contributed by atoms with Gasteiger partial charge in [-0.05, 0) is 18.6 Å². The maximum atomic E-state index is 12.0. The first-order valence-electron chi connectivity index (χ1n) is 7.51. The SMILES string of the molecule is O=C(CCCN1C(=O)CNC1=O)Nc1cccc(-c2nccs2)c1. The number of imide groups is 1. The van der Waals surface area contributed by atoms with Crippen LogP contribution in [0, 0.1) is 0 Å². The minimum absolute atomic E-state index is 0.0363. The summed E-state index contributed by atoms with van der Waals surface area (Å²) in [7, 11) is 0. The molecular formula is C16H16N4O3S. The zero-order valence-electron chi connectivity index (χ0n) is 12.8. The number of nitrogens with one attached hydrogen (secondary N) is 2. The Balaban J connectivity index is 1.51. The molecule has 1 saturated heterocycles. The molecule has 1 aliphatic rings. The Morgan fingerprint density at radius 2 is 2.25 bits per heavy atom. The molecule has 0 spiro atoms. The molecule has 1 fully saturated rings. The van der Waals surface area contributed by atoms with Crippen LogP contribution in [0.5, 0.6) is 0 Å². The van der Waals surface area contributed by atoms with E-state index in [1.54, 1.807) is 6.20 Å². The van der Waals surface area contributed by atoms with Crippen LogP contribution in [0.2, 0.25) is 0 Å². The Hall–Kier alpha value is -2.74. The summed E-state index contributed by atoms with van der Waals surface area (Å²) in [6, 6.07) is 7.09. The summed E-state index contributed by atoms with van der Waals surface area (Å²) in [5.41, 5.74) is 1.64. The number of carbonyl (C=O) groups is 3. The molecule has 2 aromatic rings. The molecule has 0 saturated carbocycles. The van der Waals surface area contributed by atoms with Gasteiger partial charge in [0.25, 0.3) is 0 Å². The van der Waals surface area contributed by atoms with E-state index in [0.717, 1.165) is 15.5 Å². The zero-order valence-corrected chi connectivity index (χ0v) is 13.6. The molecule has 1 aliphatic heterocycles. The molecule has 24 heavy (non-hydrogen) atoms. The molecule has 2 N–H and O–H groups in total. The van der Waals surface area contributed by atoms with E-state index in [0.29, 0.717) is 12.1 Å². The third-order valence-corrected chi connectivity index (χ3v) is 4.37. The highest BCUT2D eigenvalue weighted by Crippen LogP contribution is 2.24. The van der Waals surface area contributed by atoms with Crippen LogP contribution in [-0.4, -0.2) is 40.8 Å². The molecule has 8 heteroatoms. The molecule has 2 heterocycles. The van der Waals surface area contributed by atoms with Gasteiger partial charge in [-0.15, -0.1) is 11.3 Å². The van der Waals surface area contributed by atoms with Crippen LogP contribution in [0.1, 0.15) is 12.8 Å². The number of aromatic nitrogens is 1. The zero-order chi connectivity index (χ0) is 16.9. The van der Waals surface area contributed by atoms with Crippen LogP contribution in [0.15, 0.2) is 35.8 Å². The number of urea groups is 1. The monoisotopic (exact) mass is 344 g/mol. The van der Waals surface area contributed by atoms with Crippen molar-refractivity contribution in [3.63, 3.8) is 0 Å². The average molecular weight is 344 g/mol. The average Bonchev–Trinajstić information content (AvgIpc) is 3.20. The first-order valence-corrected chi connectivity index (χ1v) is 8.39. The molecule has 7 nitrogen and oxygen atoms in total. The van der Waals surface area contributed by atoms with E-state index in [9.17, 15) is 14.4 Å². The number of anilines is 1. The maximum absolute atomic E-state index is 12.0. The Morgan fingerprint density at radius 3 is 2.96 bits per heavy atom. The van der Waals surface area contributed by atoms with Crippen LogP contribution in [-0.2, 0) is 9.59 Å². The van der Waals surface area contributed by atoms with Crippen molar-refractivity contribution in [3.8, 4) is 10.6 Å². The number of nitrogens with zero attached hydrogens (tertiary/aromatic N) is 2. The quantitative estimate of drug-likeness (QED) is 0.785. The first-order chi connectivity index (χ1) is 11.6. The Bertz CT molecular complexity index is 744. The molecule has 0 aliphatic carbocycles. The summed E-state index contributed by atoms with van der Waals surface area (Å²) >= 11 is 1.53. The maximum Gasteiger partial charge on any atom is 0.324 e. The Kier molecular flexibility index (Phi) is 4.85. The standard InChI is InChI=1S/C16H16N4O3S/c21-13(5-2-7-20-14(22)10-18-16(20)23)19-12-4-1-3-11(9-12)15-17-6-8-24-15/h1,3-4,6,8-9H,2,5,7,10H2,(H,18,23)(H,19,21). The van der Waals surface area contributed by atoms with Crippen molar-refractivity contribution in [2.75, 3.05) is 18.4 Å². The molecule has 0 radical (unpaired) electrons. The van der Waals surface area contributed by atoms with E-state index in [1.807, 2.05) is 29.6 Å². The molecule has 1 aromatic carbocycles. The second-order valence-electron chi connectivity index (χ2n) is 5.27. The van der Waals surface area contributed by atoms with E-state index < -0.39 is 6.03 Å². The fraction of sp³-hybridized carbons (Fsp3) is 0.250. The number of carbonyl (C=O) groups excluding carboxylic acids is 3. The first kappa shape index (κ1) is 16.1. The smallest absolute Gasteiger partial charge is 0.324 e. The summed E-state index contributed by atoms with van der Waals surface area (Å²) in [6.07, 6.45) is 2.40. The van der Waals surface area contributed by atoms with Gasteiger partial charge in [0, 0.05) is 35.8 Å². The number of benzene rings is 1. The van der Waals surface area contributed by atoms with E-state index in [4.69, 9.17) is 0 Å². The largest absolute Gasteiger partial charge is 0.329 e. The van der Waals surface area contributed by atoms with Gasteiger partial charge in [-0.1, -0.05) is 12.1 Å². The lowest BCUT2D eigenvalue weighted by Gasteiger charge is -2.12. The minimum atomic E-state index is -0.392. The molecule has 1 aromatic heterocycles. The highest BCUT2D eigenvalue weighted by molar-refractivity contribution is 7.13. The molecule has 4 amide bonds. The van der Waals surface area contributed by atoms with Gasteiger partial charge in [0.05, 0.1) is 6.54 Å². The highest BCUT2D eigenvalue weighted by Gasteiger charge is 2.27. The van der Waals surface area contributed by atoms with Crippen molar-refractivity contribution in [2.24, 2.45) is 0 Å². The summed E-state index contributed by atoms with van der Waals surface area (Å²) in [4.78, 5) is 40.2. The second kappa shape index (κ2) is 7.22. The summed E-state index contributed by atoms with van der Waals surface area (Å²) in [5, 5.41) is 8.07. The van der Waals surface area contributed by atoms with E-state index in [1.165, 1.54) is 11.3 Å². The van der Waals surface area contributed by atoms with Gasteiger partial charge in [0.15, 0.2) is 0 Å².